The molecule has 0 aromatic heterocycles. The van der Waals surface area contributed by atoms with Crippen LogP contribution >= 0.6 is 0 Å². The first-order valence-electron chi connectivity index (χ1n) is 12.1. The quantitative estimate of drug-likeness (QED) is 0.639. The van der Waals surface area contributed by atoms with Crippen molar-refractivity contribution >= 4 is 21.6 Å². The zero-order chi connectivity index (χ0) is 24.1. The summed E-state index contributed by atoms with van der Waals surface area (Å²) in [6.07, 6.45) is 4.61. The van der Waals surface area contributed by atoms with Crippen LogP contribution in [0.25, 0.3) is 0 Å². The monoisotopic (exact) mass is 485 g/mol. The van der Waals surface area contributed by atoms with Crippen molar-refractivity contribution in [2.75, 3.05) is 44.6 Å². The van der Waals surface area contributed by atoms with E-state index < -0.39 is 10.0 Å². The van der Waals surface area contributed by atoms with E-state index >= 15 is 0 Å². The Morgan fingerprint density at radius 1 is 1.06 bits per heavy atom. The summed E-state index contributed by atoms with van der Waals surface area (Å²) in [5.74, 6) is 1.60. The fourth-order valence-electron chi connectivity index (χ4n) is 4.92. The third kappa shape index (κ3) is 5.91. The molecule has 2 aromatic rings. The number of hydrogen-bond donors (Lipinski definition) is 1. The van der Waals surface area contributed by atoms with Crippen LogP contribution in [0.3, 0.4) is 0 Å². The minimum atomic E-state index is -3.87. The molecule has 0 aliphatic carbocycles. The maximum absolute atomic E-state index is 13.3. The topological polar surface area (TPSA) is 78.9 Å². The number of nitrogens with zero attached hydrogens (tertiary/aromatic N) is 2. The largest absolute Gasteiger partial charge is 0.495 e. The van der Waals surface area contributed by atoms with Gasteiger partial charge in [-0.1, -0.05) is 25.1 Å². The molecule has 184 valence electrons. The lowest BCUT2D eigenvalue weighted by Crippen LogP contribution is -2.45. The van der Waals surface area contributed by atoms with Gasteiger partial charge in [-0.05, 0) is 80.9 Å². The summed E-state index contributed by atoms with van der Waals surface area (Å²) in [6, 6.07) is 13.1. The molecule has 8 heteroatoms. The van der Waals surface area contributed by atoms with Crippen LogP contribution in [-0.4, -0.2) is 64.0 Å². The molecule has 2 fully saturated rings. The molecule has 7 nitrogen and oxygen atoms in total. The number of nitrogens with one attached hydrogen (secondary N) is 1. The fraction of sp³-hybridized carbons (Fsp3) is 0.500. The van der Waals surface area contributed by atoms with Gasteiger partial charge in [0.2, 0.25) is 0 Å². The first-order valence-corrected chi connectivity index (χ1v) is 13.6. The van der Waals surface area contributed by atoms with Crippen LogP contribution < -0.4 is 9.46 Å². The van der Waals surface area contributed by atoms with Gasteiger partial charge in [-0.25, -0.2) is 8.42 Å². The van der Waals surface area contributed by atoms with Gasteiger partial charge in [-0.2, -0.15) is 0 Å². The van der Waals surface area contributed by atoms with Crippen LogP contribution in [-0.2, 0) is 10.0 Å². The van der Waals surface area contributed by atoms with E-state index in [9.17, 15) is 13.2 Å². The maximum atomic E-state index is 13.3. The van der Waals surface area contributed by atoms with Crippen molar-refractivity contribution < 1.29 is 17.9 Å². The van der Waals surface area contributed by atoms with Gasteiger partial charge < -0.3 is 14.5 Å². The highest BCUT2D eigenvalue weighted by Gasteiger charge is 2.28. The Labute approximate surface area is 203 Å². The Balaban J connectivity index is 1.43. The van der Waals surface area contributed by atoms with Gasteiger partial charge >= 0.3 is 0 Å². The van der Waals surface area contributed by atoms with E-state index in [1.807, 2.05) is 4.90 Å². The Morgan fingerprint density at radius 3 is 2.59 bits per heavy atom. The summed E-state index contributed by atoms with van der Waals surface area (Å²) in [7, 11) is -2.38. The van der Waals surface area contributed by atoms with Gasteiger partial charge in [0.15, 0.2) is 0 Å². The molecule has 0 bridgehead atoms. The van der Waals surface area contributed by atoms with Gasteiger partial charge in [0.25, 0.3) is 15.9 Å². The second kappa shape index (κ2) is 10.8. The molecule has 2 aliphatic heterocycles. The molecule has 1 amide bonds. The number of sulfonamides is 1. The lowest BCUT2D eigenvalue weighted by molar-refractivity contribution is 0.0622. The SMILES string of the molecule is COc1ccccc1NS(=O)(=O)c1cccc(C(=O)N2CCCC(CN3CCC(C)CC3)C2)c1. The number of amides is 1. The number of benzene rings is 2. The van der Waals surface area contributed by atoms with E-state index in [1.165, 1.54) is 32.1 Å². The molecule has 1 N–H and O–H groups in total. The maximum Gasteiger partial charge on any atom is 0.262 e. The van der Waals surface area contributed by atoms with Gasteiger partial charge in [-0.3, -0.25) is 9.52 Å². The van der Waals surface area contributed by atoms with Crippen molar-refractivity contribution in [1.82, 2.24) is 9.80 Å². The number of rotatable bonds is 7. The molecule has 1 atom stereocenters. The molecule has 1 unspecified atom stereocenters. The van der Waals surface area contributed by atoms with E-state index in [0.29, 0.717) is 29.5 Å². The van der Waals surface area contributed by atoms with E-state index in [1.54, 1.807) is 36.4 Å². The van der Waals surface area contributed by atoms with Gasteiger partial charge in [0.05, 0.1) is 17.7 Å². The van der Waals surface area contributed by atoms with Crippen molar-refractivity contribution in [3.63, 3.8) is 0 Å². The second-order valence-electron chi connectivity index (χ2n) is 9.58. The molecular formula is C26H35N3O4S. The summed E-state index contributed by atoms with van der Waals surface area (Å²) in [6.45, 7) is 7.08. The van der Waals surface area contributed by atoms with Crippen molar-refractivity contribution in [2.45, 2.75) is 37.5 Å². The summed E-state index contributed by atoms with van der Waals surface area (Å²) in [4.78, 5) is 17.8. The smallest absolute Gasteiger partial charge is 0.262 e. The predicted molar refractivity (Wildman–Crippen MR) is 134 cm³/mol. The van der Waals surface area contributed by atoms with Gasteiger partial charge in [-0.15, -0.1) is 0 Å². The Hall–Kier alpha value is -2.58. The average molecular weight is 486 g/mol. The number of methoxy groups -OCH3 is 1. The third-order valence-corrected chi connectivity index (χ3v) is 8.30. The average Bonchev–Trinajstić information content (AvgIpc) is 2.85. The van der Waals surface area contributed by atoms with Crippen molar-refractivity contribution in [3.8, 4) is 5.75 Å². The summed E-state index contributed by atoms with van der Waals surface area (Å²) in [5.41, 5.74) is 0.753. The van der Waals surface area contributed by atoms with Crippen molar-refractivity contribution in [1.29, 1.82) is 0 Å². The van der Waals surface area contributed by atoms with E-state index in [2.05, 4.69) is 16.5 Å². The van der Waals surface area contributed by atoms with Crippen LogP contribution in [0.5, 0.6) is 5.75 Å². The highest BCUT2D eigenvalue weighted by Crippen LogP contribution is 2.27. The number of hydrogen-bond acceptors (Lipinski definition) is 5. The minimum Gasteiger partial charge on any atom is -0.495 e. The van der Waals surface area contributed by atoms with Gasteiger partial charge in [0.1, 0.15) is 5.75 Å². The first kappa shape index (κ1) is 24.5. The number of carbonyl (C=O) groups is 1. The highest BCUT2D eigenvalue weighted by molar-refractivity contribution is 7.92. The number of piperidine rings is 2. The van der Waals surface area contributed by atoms with Crippen LogP contribution in [0.2, 0.25) is 0 Å². The Kier molecular flexibility index (Phi) is 7.78. The number of carbonyl (C=O) groups excluding carboxylic acids is 1. The third-order valence-electron chi connectivity index (χ3n) is 6.94. The molecule has 0 spiro atoms. The van der Waals surface area contributed by atoms with E-state index in [-0.39, 0.29) is 10.8 Å². The molecular weight excluding hydrogens is 450 g/mol. The highest BCUT2D eigenvalue weighted by atomic mass is 32.2. The Morgan fingerprint density at radius 2 is 1.82 bits per heavy atom. The predicted octanol–water partition coefficient (Wildman–Crippen LogP) is 4.08. The van der Waals surface area contributed by atoms with Gasteiger partial charge in [0, 0.05) is 25.2 Å². The van der Waals surface area contributed by atoms with E-state index in [0.717, 1.165) is 44.9 Å². The molecule has 34 heavy (non-hydrogen) atoms. The van der Waals surface area contributed by atoms with E-state index in [4.69, 9.17) is 4.74 Å². The van der Waals surface area contributed by atoms with Crippen LogP contribution in [0, 0.1) is 11.8 Å². The molecule has 2 aromatic carbocycles. The zero-order valence-corrected chi connectivity index (χ0v) is 20.9. The minimum absolute atomic E-state index is 0.0558. The second-order valence-corrected chi connectivity index (χ2v) is 11.3. The lowest BCUT2D eigenvalue weighted by atomic mass is 9.94. The number of anilines is 1. The van der Waals surface area contributed by atoms with Crippen LogP contribution in [0.1, 0.15) is 43.0 Å². The first-order chi connectivity index (χ1) is 16.4. The number of likely N-dealkylation sites (tertiary alicyclic amines) is 2. The number of para-hydroxylation sites is 2. The number of ether oxygens (including phenoxy) is 1. The summed E-state index contributed by atoms with van der Waals surface area (Å²) >= 11 is 0. The molecule has 2 saturated heterocycles. The van der Waals surface area contributed by atoms with Crippen molar-refractivity contribution in [2.24, 2.45) is 11.8 Å². The molecule has 0 radical (unpaired) electrons. The zero-order valence-electron chi connectivity index (χ0n) is 20.1. The van der Waals surface area contributed by atoms with Crippen molar-refractivity contribution in [3.05, 3.63) is 54.1 Å². The normalized spacial score (nSPS) is 20.2. The van der Waals surface area contributed by atoms with Crippen LogP contribution in [0.4, 0.5) is 5.69 Å². The molecule has 0 saturated carbocycles. The molecule has 2 aliphatic rings. The Bertz CT molecular complexity index is 1100. The summed E-state index contributed by atoms with van der Waals surface area (Å²) < 4.78 is 33.9. The lowest BCUT2D eigenvalue weighted by Gasteiger charge is -2.38. The molecule has 2 heterocycles. The molecule has 4 rings (SSSR count). The fourth-order valence-corrected chi connectivity index (χ4v) is 6.04. The summed E-state index contributed by atoms with van der Waals surface area (Å²) in [5, 5.41) is 0. The van der Waals surface area contributed by atoms with Crippen LogP contribution in [0.15, 0.2) is 53.4 Å². The standard InChI is InChI=1S/C26H35N3O4S/c1-20-12-15-28(16-13-20)18-21-7-6-14-29(19-21)26(30)22-8-5-9-23(17-22)34(31,32)27-24-10-3-4-11-25(24)33-2/h3-5,8-11,17,20-21,27H,6-7,12-16,18-19H2,1-2H3.